The van der Waals surface area contributed by atoms with Gasteiger partial charge in [-0.3, -0.25) is 19.2 Å². The van der Waals surface area contributed by atoms with Crippen LogP contribution in [0.3, 0.4) is 0 Å². The number of esters is 4. The van der Waals surface area contributed by atoms with Gasteiger partial charge < -0.3 is 18.9 Å². The lowest BCUT2D eigenvalue weighted by atomic mass is 9.79. The van der Waals surface area contributed by atoms with E-state index in [-0.39, 0.29) is 51.6 Å². The molecular formula is C26H37ClO8. The smallest absolute Gasteiger partial charge is 0.324 e. The molecule has 0 saturated carbocycles. The monoisotopic (exact) mass is 512 g/mol. The van der Waals surface area contributed by atoms with Crippen LogP contribution >= 0.6 is 11.6 Å². The molecule has 8 nitrogen and oxygen atoms in total. The highest BCUT2D eigenvalue weighted by Gasteiger charge is 2.47. The first-order valence-electron chi connectivity index (χ1n) is 12.0. The zero-order valence-corrected chi connectivity index (χ0v) is 22.0. The Kier molecular flexibility index (Phi) is 18.1. The van der Waals surface area contributed by atoms with Crippen molar-refractivity contribution in [2.24, 2.45) is 11.3 Å². The van der Waals surface area contributed by atoms with Crippen LogP contribution in [0.15, 0.2) is 0 Å². The van der Waals surface area contributed by atoms with E-state index in [9.17, 15) is 19.2 Å². The SMILES string of the molecule is CCOC(=O)C(CC#CCC(CCCCCC#CCCl)(C(=O)OCC)C(=O)OCC)C(=O)OCC. The van der Waals surface area contributed by atoms with Crippen molar-refractivity contribution in [3.05, 3.63) is 0 Å². The molecule has 0 radical (unpaired) electrons. The highest BCUT2D eigenvalue weighted by atomic mass is 35.5. The number of alkyl halides is 1. The van der Waals surface area contributed by atoms with Crippen LogP contribution in [0.1, 0.15) is 72.6 Å². The third-order valence-corrected chi connectivity index (χ3v) is 5.03. The molecular weight excluding hydrogens is 476 g/mol. The van der Waals surface area contributed by atoms with E-state index in [4.69, 9.17) is 30.5 Å². The summed E-state index contributed by atoms with van der Waals surface area (Å²) in [5.41, 5.74) is -1.61. The molecule has 0 aliphatic rings. The predicted octanol–water partition coefficient (Wildman–Crippen LogP) is 3.82. The summed E-state index contributed by atoms with van der Waals surface area (Å²) >= 11 is 5.54. The van der Waals surface area contributed by atoms with Gasteiger partial charge in [0.2, 0.25) is 0 Å². The van der Waals surface area contributed by atoms with Gasteiger partial charge in [0, 0.05) is 19.3 Å². The number of halogens is 1. The van der Waals surface area contributed by atoms with Crippen LogP contribution in [0.4, 0.5) is 0 Å². The van der Waals surface area contributed by atoms with E-state index in [0.29, 0.717) is 12.8 Å². The Morgan fingerprint density at radius 1 is 0.714 bits per heavy atom. The van der Waals surface area contributed by atoms with Crippen molar-refractivity contribution in [2.45, 2.75) is 72.6 Å². The van der Waals surface area contributed by atoms with E-state index in [1.165, 1.54) is 0 Å². The average molecular weight is 513 g/mol. The van der Waals surface area contributed by atoms with Gasteiger partial charge in [0.05, 0.1) is 32.3 Å². The number of hydrogen-bond acceptors (Lipinski definition) is 8. The zero-order chi connectivity index (χ0) is 26.5. The summed E-state index contributed by atoms with van der Waals surface area (Å²) in [4.78, 5) is 50.2. The van der Waals surface area contributed by atoms with Crippen LogP contribution in [0, 0.1) is 35.0 Å². The first-order valence-corrected chi connectivity index (χ1v) is 12.5. The Labute approximate surface area is 213 Å². The van der Waals surface area contributed by atoms with Crippen molar-refractivity contribution in [1.82, 2.24) is 0 Å². The van der Waals surface area contributed by atoms with Crippen molar-refractivity contribution in [3.63, 3.8) is 0 Å². The predicted molar refractivity (Wildman–Crippen MR) is 131 cm³/mol. The number of ether oxygens (including phenoxy) is 4. The Morgan fingerprint density at radius 2 is 1.26 bits per heavy atom. The molecule has 0 unspecified atom stereocenters. The molecule has 0 fully saturated rings. The number of carbonyl (C=O) groups is 4. The van der Waals surface area contributed by atoms with Gasteiger partial charge >= 0.3 is 23.9 Å². The minimum atomic E-state index is -1.61. The Morgan fingerprint density at radius 3 is 1.74 bits per heavy atom. The van der Waals surface area contributed by atoms with Crippen molar-refractivity contribution < 1.29 is 38.1 Å². The van der Waals surface area contributed by atoms with E-state index in [1.54, 1.807) is 27.7 Å². The lowest BCUT2D eigenvalue weighted by Crippen LogP contribution is -2.42. The molecule has 0 bridgehead atoms. The fourth-order valence-corrected chi connectivity index (χ4v) is 3.24. The third-order valence-electron chi connectivity index (χ3n) is 4.89. The first kappa shape index (κ1) is 32.3. The molecule has 0 aromatic heterocycles. The molecule has 0 aliphatic carbocycles. The second kappa shape index (κ2) is 19.6. The van der Waals surface area contributed by atoms with E-state index in [2.05, 4.69) is 23.7 Å². The van der Waals surface area contributed by atoms with Crippen LogP contribution in [0.5, 0.6) is 0 Å². The van der Waals surface area contributed by atoms with Crippen molar-refractivity contribution >= 4 is 35.5 Å². The number of unbranched alkanes of at least 4 members (excludes halogenated alkanes) is 3. The molecule has 9 heteroatoms. The minimum Gasteiger partial charge on any atom is -0.465 e. The number of carbonyl (C=O) groups excluding carboxylic acids is 4. The molecule has 0 aromatic carbocycles. The van der Waals surface area contributed by atoms with Gasteiger partial charge in [-0.05, 0) is 40.5 Å². The zero-order valence-electron chi connectivity index (χ0n) is 21.2. The Bertz CT molecular complexity index is 764. The first-order chi connectivity index (χ1) is 16.8. The van der Waals surface area contributed by atoms with E-state index in [1.807, 2.05) is 0 Å². The Balaban J connectivity index is 5.67. The van der Waals surface area contributed by atoms with Crippen LogP contribution in [-0.2, 0) is 38.1 Å². The summed E-state index contributed by atoms with van der Waals surface area (Å²) in [5.74, 6) is 7.44. The minimum absolute atomic E-state index is 0.0925. The van der Waals surface area contributed by atoms with E-state index in [0.717, 1.165) is 12.8 Å². The van der Waals surface area contributed by atoms with Gasteiger partial charge in [0.1, 0.15) is 0 Å². The fourth-order valence-electron chi connectivity index (χ4n) is 3.15. The largest absolute Gasteiger partial charge is 0.465 e. The van der Waals surface area contributed by atoms with Crippen LogP contribution in [-0.4, -0.2) is 56.2 Å². The second-order valence-electron chi connectivity index (χ2n) is 7.36. The quantitative estimate of drug-likeness (QED) is 0.0814. The summed E-state index contributed by atoms with van der Waals surface area (Å²) in [5, 5.41) is 0. The van der Waals surface area contributed by atoms with Gasteiger partial charge in [-0.2, -0.15) is 0 Å². The van der Waals surface area contributed by atoms with Gasteiger partial charge in [-0.25, -0.2) is 0 Å². The van der Waals surface area contributed by atoms with Gasteiger partial charge in [0.15, 0.2) is 11.3 Å². The maximum absolute atomic E-state index is 12.9. The molecule has 0 spiro atoms. The normalized spacial score (nSPS) is 10.3. The molecule has 0 aliphatic heterocycles. The van der Waals surface area contributed by atoms with Crippen molar-refractivity contribution in [1.29, 1.82) is 0 Å². The fraction of sp³-hybridized carbons (Fsp3) is 0.692. The standard InChI is InChI=1S/C26H37ClO8/c1-5-32-22(28)21(23(29)33-6-2)17-13-15-19-26(24(30)34-7-3,25(31)35-8-4)18-14-11-9-10-12-16-20-27/h21H,5-11,14,17-20H2,1-4H3. The number of hydrogen-bond donors (Lipinski definition) is 0. The highest BCUT2D eigenvalue weighted by molar-refractivity contribution is 6.19. The molecule has 35 heavy (non-hydrogen) atoms. The van der Waals surface area contributed by atoms with Gasteiger partial charge in [-0.1, -0.05) is 18.8 Å². The molecule has 0 heterocycles. The van der Waals surface area contributed by atoms with E-state index < -0.39 is 35.2 Å². The lowest BCUT2D eigenvalue weighted by Gasteiger charge is -2.27. The topological polar surface area (TPSA) is 105 Å². The second-order valence-corrected chi connectivity index (χ2v) is 7.63. The maximum atomic E-state index is 12.9. The lowest BCUT2D eigenvalue weighted by molar-refractivity contribution is -0.172. The van der Waals surface area contributed by atoms with E-state index >= 15 is 0 Å². The van der Waals surface area contributed by atoms with Crippen molar-refractivity contribution in [3.8, 4) is 23.7 Å². The summed E-state index contributed by atoms with van der Waals surface area (Å²) in [7, 11) is 0. The molecule has 0 amide bonds. The average Bonchev–Trinajstić information content (AvgIpc) is 2.82. The number of rotatable bonds is 15. The van der Waals surface area contributed by atoms with Gasteiger partial charge in [-0.15, -0.1) is 29.4 Å². The summed E-state index contributed by atoms with van der Waals surface area (Å²) in [6.45, 7) is 6.95. The molecule has 0 saturated heterocycles. The van der Waals surface area contributed by atoms with Crippen molar-refractivity contribution in [2.75, 3.05) is 32.3 Å². The molecule has 196 valence electrons. The third kappa shape index (κ3) is 12.0. The molecule has 0 atom stereocenters. The highest BCUT2D eigenvalue weighted by Crippen LogP contribution is 2.33. The van der Waals surface area contributed by atoms with Gasteiger partial charge in [0.25, 0.3) is 0 Å². The molecule has 0 rings (SSSR count). The summed E-state index contributed by atoms with van der Waals surface area (Å²) in [6.07, 6.45) is 2.59. The molecule has 0 aromatic rings. The van der Waals surface area contributed by atoms with Crippen LogP contribution in [0.25, 0.3) is 0 Å². The summed E-state index contributed by atoms with van der Waals surface area (Å²) in [6, 6.07) is 0. The van der Waals surface area contributed by atoms with Crippen LogP contribution in [0.2, 0.25) is 0 Å². The molecule has 0 N–H and O–H groups in total. The maximum Gasteiger partial charge on any atom is 0.324 e. The van der Waals surface area contributed by atoms with Crippen LogP contribution < -0.4 is 0 Å². The Hall–Kier alpha value is -2.71. The summed E-state index contributed by atoms with van der Waals surface area (Å²) < 4.78 is 20.3.